The molecule has 0 radical (unpaired) electrons. The number of rotatable bonds is 2. The Morgan fingerprint density at radius 1 is 1.00 bits per heavy atom. The van der Waals surface area contributed by atoms with Crippen molar-refractivity contribution in [2.45, 2.75) is 12.3 Å². The Bertz CT molecular complexity index is 1140. The zero-order valence-electron chi connectivity index (χ0n) is 16.3. The molecule has 0 spiro atoms. The maximum atomic E-state index is 13.1. The number of anilines is 2. The summed E-state index contributed by atoms with van der Waals surface area (Å²) in [5, 5.41) is 4.98. The minimum Gasteiger partial charge on any atom is -0.340 e. The van der Waals surface area contributed by atoms with E-state index >= 15 is 0 Å². The molecule has 148 valence electrons. The normalized spacial score (nSPS) is 19.8. The number of benzene rings is 2. The second-order valence-electron chi connectivity index (χ2n) is 7.82. The molecule has 1 saturated heterocycles. The molecule has 1 atom stereocenters. The van der Waals surface area contributed by atoms with Gasteiger partial charge >= 0.3 is 0 Å². The Kier molecular flexibility index (Phi) is 4.32. The van der Waals surface area contributed by atoms with Crippen LogP contribution in [0, 0.1) is 0 Å². The number of fused-ring (bicyclic) bond motifs is 2. The van der Waals surface area contributed by atoms with Gasteiger partial charge in [0.15, 0.2) is 0 Å². The molecular formula is C22H23N5O2. The molecule has 1 amide bonds. The molecule has 2 aromatic carbocycles. The Morgan fingerprint density at radius 3 is 2.59 bits per heavy atom. The van der Waals surface area contributed by atoms with Gasteiger partial charge in [-0.2, -0.15) is 4.98 Å². The van der Waals surface area contributed by atoms with Gasteiger partial charge in [-0.05, 0) is 23.4 Å². The highest BCUT2D eigenvalue weighted by atomic mass is 16.2. The van der Waals surface area contributed by atoms with Crippen LogP contribution in [-0.2, 0) is 4.79 Å². The fourth-order valence-electron chi connectivity index (χ4n) is 4.35. The highest BCUT2D eigenvalue weighted by molar-refractivity contribution is 5.96. The molecule has 0 unspecified atom stereocenters. The Hall–Kier alpha value is -3.19. The zero-order valence-corrected chi connectivity index (χ0v) is 16.3. The lowest BCUT2D eigenvalue weighted by Crippen LogP contribution is -2.46. The molecule has 7 heteroatoms. The van der Waals surface area contributed by atoms with Crippen LogP contribution in [0.2, 0.25) is 0 Å². The molecule has 7 nitrogen and oxygen atoms in total. The van der Waals surface area contributed by atoms with Crippen LogP contribution in [0.25, 0.3) is 10.8 Å². The first-order valence-corrected chi connectivity index (χ1v) is 9.95. The molecule has 1 aromatic heterocycles. The van der Waals surface area contributed by atoms with E-state index in [1.807, 2.05) is 42.5 Å². The predicted octanol–water partition coefficient (Wildman–Crippen LogP) is 2.15. The lowest BCUT2D eigenvalue weighted by Gasteiger charge is -2.33. The van der Waals surface area contributed by atoms with Crippen molar-refractivity contribution in [1.82, 2.24) is 14.9 Å². The van der Waals surface area contributed by atoms with Crippen LogP contribution in [0.1, 0.15) is 23.5 Å². The van der Waals surface area contributed by atoms with E-state index in [1.54, 1.807) is 0 Å². The van der Waals surface area contributed by atoms with E-state index in [4.69, 9.17) is 0 Å². The number of likely N-dealkylation sites (N-methyl/N-ethyl adjacent to an activating group) is 1. The Morgan fingerprint density at radius 2 is 1.76 bits per heavy atom. The molecule has 3 aromatic rings. The van der Waals surface area contributed by atoms with E-state index in [0.717, 1.165) is 42.5 Å². The van der Waals surface area contributed by atoms with Crippen molar-refractivity contribution in [3.05, 3.63) is 63.9 Å². The van der Waals surface area contributed by atoms with Crippen molar-refractivity contribution < 1.29 is 4.79 Å². The number of hydrogen-bond acceptors (Lipinski definition) is 5. The van der Waals surface area contributed by atoms with Crippen molar-refractivity contribution in [2.24, 2.45) is 0 Å². The van der Waals surface area contributed by atoms with Gasteiger partial charge in [-0.1, -0.05) is 42.5 Å². The van der Waals surface area contributed by atoms with Gasteiger partial charge in [0, 0.05) is 38.5 Å². The minimum absolute atomic E-state index is 0.113. The first kappa shape index (κ1) is 17.9. The smallest absolute Gasteiger partial charge is 0.258 e. The lowest BCUT2D eigenvalue weighted by atomic mass is 9.84. The molecule has 5 rings (SSSR count). The maximum Gasteiger partial charge on any atom is 0.258 e. The largest absolute Gasteiger partial charge is 0.340 e. The molecule has 29 heavy (non-hydrogen) atoms. The number of aromatic amines is 1. The summed E-state index contributed by atoms with van der Waals surface area (Å²) < 4.78 is 0. The minimum atomic E-state index is -0.317. The third-order valence-corrected chi connectivity index (χ3v) is 5.94. The summed E-state index contributed by atoms with van der Waals surface area (Å²) in [6.07, 6.45) is 0.236. The second kappa shape index (κ2) is 7.00. The molecular weight excluding hydrogens is 366 g/mol. The topological polar surface area (TPSA) is 81.3 Å². The monoisotopic (exact) mass is 389 g/mol. The maximum absolute atomic E-state index is 13.1. The Labute approximate surface area is 168 Å². The molecule has 0 bridgehead atoms. The van der Waals surface area contributed by atoms with Gasteiger partial charge in [-0.3, -0.25) is 14.6 Å². The average Bonchev–Trinajstić information content (AvgIpc) is 2.73. The van der Waals surface area contributed by atoms with Gasteiger partial charge in [-0.15, -0.1) is 0 Å². The van der Waals surface area contributed by atoms with Gasteiger partial charge in [-0.25, -0.2) is 0 Å². The Balaban J connectivity index is 1.61. The van der Waals surface area contributed by atoms with Crippen molar-refractivity contribution >= 4 is 28.4 Å². The zero-order chi connectivity index (χ0) is 20.0. The van der Waals surface area contributed by atoms with E-state index in [-0.39, 0.29) is 23.8 Å². The van der Waals surface area contributed by atoms with Crippen molar-refractivity contribution in [3.8, 4) is 0 Å². The summed E-state index contributed by atoms with van der Waals surface area (Å²) in [4.78, 5) is 37.6. The number of hydrogen-bond donors (Lipinski definition) is 2. The van der Waals surface area contributed by atoms with Crippen LogP contribution < -0.4 is 15.8 Å². The van der Waals surface area contributed by atoms with Gasteiger partial charge in [0.05, 0.1) is 5.56 Å². The molecule has 2 aliphatic rings. The summed E-state index contributed by atoms with van der Waals surface area (Å²) in [7, 11) is 2.08. The summed E-state index contributed by atoms with van der Waals surface area (Å²) in [5.41, 5.74) is 1.35. The number of nitrogens with zero attached hydrogens (tertiary/aromatic N) is 3. The highest BCUT2D eigenvalue weighted by Gasteiger charge is 2.32. The SMILES string of the molecule is CN1CCN(c2nc3c(c(=O)[nH]2)[C@H](c2cccc4ccccc24)CC(=O)N3)CC1. The van der Waals surface area contributed by atoms with Gasteiger partial charge in [0.1, 0.15) is 5.82 Å². The summed E-state index contributed by atoms with van der Waals surface area (Å²) in [5.74, 6) is 0.484. The predicted molar refractivity (Wildman–Crippen MR) is 114 cm³/mol. The molecule has 0 aliphatic carbocycles. The van der Waals surface area contributed by atoms with Crippen LogP contribution >= 0.6 is 0 Å². The number of carbonyl (C=O) groups excluding carboxylic acids is 1. The van der Waals surface area contributed by atoms with Crippen molar-refractivity contribution in [1.29, 1.82) is 0 Å². The van der Waals surface area contributed by atoms with Gasteiger partial charge in [0.25, 0.3) is 5.56 Å². The van der Waals surface area contributed by atoms with Gasteiger partial charge < -0.3 is 15.1 Å². The number of nitrogens with one attached hydrogen (secondary N) is 2. The van der Waals surface area contributed by atoms with E-state index in [2.05, 4.69) is 32.1 Å². The third kappa shape index (κ3) is 3.17. The van der Waals surface area contributed by atoms with E-state index in [9.17, 15) is 9.59 Å². The number of aromatic nitrogens is 2. The summed E-state index contributed by atoms with van der Waals surface area (Å²) >= 11 is 0. The standard InChI is InChI=1S/C22H23N5O2/c1-26-9-11-27(12-10-26)22-24-20-19(21(29)25-22)17(13-18(28)23-20)16-8-4-6-14-5-2-3-7-15(14)16/h2-8,17H,9-13H2,1H3,(H2,23,24,25,28,29)/t17-/m0/s1. The molecule has 1 fully saturated rings. The third-order valence-electron chi connectivity index (χ3n) is 5.94. The average molecular weight is 389 g/mol. The summed E-state index contributed by atoms with van der Waals surface area (Å²) in [6.45, 7) is 3.40. The quantitative estimate of drug-likeness (QED) is 0.702. The van der Waals surface area contributed by atoms with E-state index in [1.165, 1.54) is 0 Å². The first-order valence-electron chi connectivity index (χ1n) is 9.95. The van der Waals surface area contributed by atoms with Crippen LogP contribution in [-0.4, -0.2) is 54.0 Å². The fraction of sp³-hybridized carbons (Fsp3) is 0.318. The van der Waals surface area contributed by atoms with Crippen LogP contribution in [0.15, 0.2) is 47.3 Å². The van der Waals surface area contributed by atoms with Crippen molar-refractivity contribution in [2.75, 3.05) is 43.4 Å². The van der Waals surface area contributed by atoms with Crippen molar-refractivity contribution in [3.63, 3.8) is 0 Å². The van der Waals surface area contributed by atoms with E-state index < -0.39 is 0 Å². The molecule has 3 heterocycles. The highest BCUT2D eigenvalue weighted by Crippen LogP contribution is 2.37. The summed E-state index contributed by atoms with van der Waals surface area (Å²) in [6, 6.07) is 14.1. The molecule has 2 N–H and O–H groups in total. The molecule has 0 saturated carbocycles. The lowest BCUT2D eigenvalue weighted by molar-refractivity contribution is -0.116. The fourth-order valence-corrected chi connectivity index (χ4v) is 4.35. The second-order valence-corrected chi connectivity index (χ2v) is 7.82. The number of H-pyrrole nitrogens is 1. The number of carbonyl (C=O) groups is 1. The van der Waals surface area contributed by atoms with Crippen LogP contribution in [0.4, 0.5) is 11.8 Å². The number of piperazine rings is 1. The van der Waals surface area contributed by atoms with E-state index in [0.29, 0.717) is 17.3 Å². The molecule has 2 aliphatic heterocycles. The van der Waals surface area contributed by atoms with Gasteiger partial charge in [0.2, 0.25) is 11.9 Å². The first-order chi connectivity index (χ1) is 14.1. The number of amides is 1. The van der Waals surface area contributed by atoms with Crippen LogP contribution in [0.5, 0.6) is 0 Å². The van der Waals surface area contributed by atoms with Crippen LogP contribution in [0.3, 0.4) is 0 Å².